The van der Waals surface area contributed by atoms with Gasteiger partial charge < -0.3 is 5.11 Å². The standard InChI is InChI=1S/C6H8FN3O/c7-5-2-1-3(11)6(4(2)5)9-10-8/h2-6,11H,1H2/t2-,3+,4+,5-,6+/m1/s1. The minimum absolute atomic E-state index is 0.0412. The molecule has 0 aromatic rings. The van der Waals surface area contributed by atoms with Gasteiger partial charge in [-0.05, 0) is 17.9 Å². The Hall–Kier alpha value is -0.800. The third kappa shape index (κ3) is 0.814. The molecule has 5 atom stereocenters. The molecule has 2 saturated carbocycles. The van der Waals surface area contributed by atoms with Crippen LogP contribution in [0, 0.1) is 11.8 Å². The maximum atomic E-state index is 12.7. The van der Waals surface area contributed by atoms with E-state index in [1.165, 1.54) is 0 Å². The fourth-order valence-corrected chi connectivity index (χ4v) is 1.97. The van der Waals surface area contributed by atoms with E-state index < -0.39 is 18.3 Å². The molecule has 0 aliphatic heterocycles. The van der Waals surface area contributed by atoms with Crippen molar-refractivity contribution in [3.8, 4) is 0 Å². The highest BCUT2D eigenvalue weighted by Crippen LogP contribution is 2.55. The molecule has 0 aromatic carbocycles. The Kier molecular flexibility index (Phi) is 1.31. The summed E-state index contributed by atoms with van der Waals surface area (Å²) in [5.74, 6) is -0.235. The van der Waals surface area contributed by atoms with Crippen LogP contribution in [-0.2, 0) is 0 Å². The van der Waals surface area contributed by atoms with Crippen LogP contribution in [-0.4, -0.2) is 23.4 Å². The molecular formula is C6H8FN3O. The number of nitrogens with zero attached hydrogens (tertiary/aromatic N) is 3. The SMILES string of the molecule is [N-]=[N+]=N[C@@H]1[C@@H]2[C@H](F)[C@@H]2C[C@@H]1O. The molecule has 60 valence electrons. The predicted octanol–water partition coefficient (Wildman–Crippen LogP) is 1.01. The van der Waals surface area contributed by atoms with Crippen LogP contribution in [0.5, 0.6) is 0 Å². The van der Waals surface area contributed by atoms with Crippen molar-refractivity contribution in [2.75, 3.05) is 0 Å². The van der Waals surface area contributed by atoms with Crippen LogP contribution in [0.4, 0.5) is 4.39 Å². The lowest BCUT2D eigenvalue weighted by molar-refractivity contribution is 0.135. The largest absolute Gasteiger partial charge is 0.393 e. The summed E-state index contributed by atoms with van der Waals surface area (Å²) in [7, 11) is 0. The van der Waals surface area contributed by atoms with Gasteiger partial charge in [-0.15, -0.1) is 0 Å². The molecule has 0 unspecified atom stereocenters. The van der Waals surface area contributed by atoms with Crippen LogP contribution in [0.3, 0.4) is 0 Å². The molecule has 0 bridgehead atoms. The highest BCUT2D eigenvalue weighted by atomic mass is 19.1. The lowest BCUT2D eigenvalue weighted by Gasteiger charge is -2.10. The van der Waals surface area contributed by atoms with Gasteiger partial charge in [0.1, 0.15) is 6.17 Å². The van der Waals surface area contributed by atoms with Crippen molar-refractivity contribution in [3.05, 3.63) is 10.4 Å². The Bertz CT molecular complexity index is 228. The third-order valence-corrected chi connectivity index (χ3v) is 2.62. The first-order chi connectivity index (χ1) is 5.25. The molecule has 2 aliphatic rings. The molecule has 2 fully saturated rings. The number of fused-ring (bicyclic) bond motifs is 1. The molecule has 5 heteroatoms. The van der Waals surface area contributed by atoms with E-state index in [0.29, 0.717) is 6.42 Å². The molecule has 0 radical (unpaired) electrons. The van der Waals surface area contributed by atoms with E-state index in [1.807, 2.05) is 0 Å². The summed E-state index contributed by atoms with van der Waals surface area (Å²) in [5.41, 5.74) is 8.09. The molecule has 0 amide bonds. The predicted molar refractivity (Wildman–Crippen MR) is 35.4 cm³/mol. The molecule has 0 spiro atoms. The highest BCUT2D eigenvalue weighted by Gasteiger charge is 2.62. The minimum Gasteiger partial charge on any atom is -0.393 e. The van der Waals surface area contributed by atoms with Crippen molar-refractivity contribution < 1.29 is 9.50 Å². The summed E-state index contributed by atoms with van der Waals surface area (Å²) in [6.45, 7) is 0. The van der Waals surface area contributed by atoms with Crippen molar-refractivity contribution >= 4 is 0 Å². The van der Waals surface area contributed by atoms with Gasteiger partial charge in [-0.25, -0.2) is 4.39 Å². The van der Waals surface area contributed by atoms with E-state index in [1.54, 1.807) is 0 Å². The number of rotatable bonds is 1. The number of hydrogen-bond donors (Lipinski definition) is 1. The van der Waals surface area contributed by atoms with E-state index in [0.717, 1.165) is 0 Å². The van der Waals surface area contributed by atoms with Gasteiger partial charge >= 0.3 is 0 Å². The van der Waals surface area contributed by atoms with E-state index in [-0.39, 0.29) is 11.8 Å². The zero-order chi connectivity index (χ0) is 8.01. The van der Waals surface area contributed by atoms with Gasteiger partial charge in [0.25, 0.3) is 0 Å². The first-order valence-electron chi connectivity index (χ1n) is 3.62. The van der Waals surface area contributed by atoms with Gasteiger partial charge in [-0.1, -0.05) is 5.11 Å². The molecule has 0 aromatic heterocycles. The number of alkyl halides is 1. The van der Waals surface area contributed by atoms with E-state index in [2.05, 4.69) is 10.0 Å². The zero-order valence-corrected chi connectivity index (χ0v) is 5.76. The second kappa shape index (κ2) is 2.09. The maximum absolute atomic E-state index is 12.7. The lowest BCUT2D eigenvalue weighted by atomic mass is 10.1. The molecule has 1 N–H and O–H groups in total. The van der Waals surface area contributed by atoms with Crippen molar-refractivity contribution in [3.63, 3.8) is 0 Å². The van der Waals surface area contributed by atoms with Crippen LogP contribution in [0.25, 0.3) is 10.4 Å². The number of aliphatic hydroxyl groups is 1. The van der Waals surface area contributed by atoms with Crippen LogP contribution in [0.2, 0.25) is 0 Å². The first kappa shape index (κ1) is 6.88. The lowest BCUT2D eigenvalue weighted by Crippen LogP contribution is -2.22. The zero-order valence-electron chi connectivity index (χ0n) is 5.76. The Morgan fingerprint density at radius 3 is 2.91 bits per heavy atom. The quantitative estimate of drug-likeness (QED) is 0.344. The van der Waals surface area contributed by atoms with Crippen LogP contribution in [0.1, 0.15) is 6.42 Å². The van der Waals surface area contributed by atoms with E-state index in [4.69, 9.17) is 5.53 Å². The third-order valence-electron chi connectivity index (χ3n) is 2.62. The minimum atomic E-state index is -0.839. The van der Waals surface area contributed by atoms with Crippen LogP contribution < -0.4 is 0 Å². The molecule has 0 saturated heterocycles. The van der Waals surface area contributed by atoms with Gasteiger partial charge in [0.15, 0.2) is 0 Å². The average Bonchev–Trinajstić information content (AvgIpc) is 2.40. The summed E-state index contributed by atoms with van der Waals surface area (Å²) in [4.78, 5) is 2.58. The average molecular weight is 157 g/mol. The van der Waals surface area contributed by atoms with Crippen molar-refractivity contribution in [1.29, 1.82) is 0 Å². The summed E-state index contributed by atoms with van der Waals surface area (Å²) in [5, 5.41) is 12.6. The van der Waals surface area contributed by atoms with E-state index >= 15 is 0 Å². The second-order valence-electron chi connectivity index (χ2n) is 3.18. The monoisotopic (exact) mass is 157 g/mol. The van der Waals surface area contributed by atoms with Gasteiger partial charge in [0.2, 0.25) is 0 Å². The topological polar surface area (TPSA) is 69.0 Å². The van der Waals surface area contributed by atoms with Crippen molar-refractivity contribution in [2.24, 2.45) is 17.0 Å². The molecule has 2 aliphatic carbocycles. The van der Waals surface area contributed by atoms with Gasteiger partial charge in [0.05, 0.1) is 12.1 Å². The van der Waals surface area contributed by atoms with Crippen LogP contribution >= 0.6 is 0 Å². The Morgan fingerprint density at radius 1 is 1.64 bits per heavy atom. The highest BCUT2D eigenvalue weighted by molar-refractivity contribution is 5.13. The molecular weight excluding hydrogens is 149 g/mol. The van der Waals surface area contributed by atoms with Gasteiger partial charge in [-0.2, -0.15) is 0 Å². The number of aliphatic hydroxyl groups excluding tert-OH is 1. The smallest absolute Gasteiger partial charge is 0.107 e. The Labute approximate surface area is 62.6 Å². The van der Waals surface area contributed by atoms with Crippen LogP contribution in [0.15, 0.2) is 5.11 Å². The summed E-state index contributed by atoms with van der Waals surface area (Å²) in [6, 6.07) is -0.514. The number of azide groups is 1. The normalized spacial score (nSPS) is 53.1. The summed E-state index contributed by atoms with van der Waals surface area (Å²) in [6.07, 6.45) is -1.00. The first-order valence-corrected chi connectivity index (χ1v) is 3.62. The molecule has 2 rings (SSSR count). The number of halogens is 1. The summed E-state index contributed by atoms with van der Waals surface area (Å²) < 4.78 is 12.7. The van der Waals surface area contributed by atoms with E-state index in [9.17, 15) is 9.50 Å². The Balaban J connectivity index is 2.12. The molecule has 4 nitrogen and oxygen atoms in total. The van der Waals surface area contributed by atoms with Crippen molar-refractivity contribution in [1.82, 2.24) is 0 Å². The fraction of sp³-hybridized carbons (Fsp3) is 1.00. The number of hydrogen-bond acceptors (Lipinski definition) is 2. The second-order valence-corrected chi connectivity index (χ2v) is 3.18. The van der Waals surface area contributed by atoms with Crippen molar-refractivity contribution in [2.45, 2.75) is 24.7 Å². The Morgan fingerprint density at radius 2 is 2.36 bits per heavy atom. The fourth-order valence-electron chi connectivity index (χ4n) is 1.97. The molecule has 11 heavy (non-hydrogen) atoms. The van der Waals surface area contributed by atoms with Gasteiger partial charge in [-0.3, -0.25) is 0 Å². The van der Waals surface area contributed by atoms with Gasteiger partial charge in [0, 0.05) is 10.8 Å². The maximum Gasteiger partial charge on any atom is 0.107 e. The molecule has 0 heterocycles. The summed E-state index contributed by atoms with van der Waals surface area (Å²) >= 11 is 0.